The van der Waals surface area contributed by atoms with Crippen molar-refractivity contribution in [2.45, 2.75) is 16.7 Å². The van der Waals surface area contributed by atoms with Gasteiger partial charge in [-0.25, -0.2) is 18.9 Å². The highest BCUT2D eigenvalue weighted by Crippen LogP contribution is 2.45. The van der Waals surface area contributed by atoms with Crippen molar-refractivity contribution in [1.82, 2.24) is 9.97 Å². The number of aryl methyl sites for hydroxylation is 1. The van der Waals surface area contributed by atoms with E-state index in [9.17, 15) is 22.3 Å². The summed E-state index contributed by atoms with van der Waals surface area (Å²) in [6.07, 6.45) is -1.28. The molecule has 0 aliphatic heterocycles. The van der Waals surface area contributed by atoms with Gasteiger partial charge in [0.05, 0.1) is 41.3 Å². The Hall–Kier alpha value is -3.77. The number of fused-ring (bicyclic) bond motifs is 1. The maximum Gasteiger partial charge on any atom is 0.313 e. The molecule has 0 spiro atoms. The number of nitrogens with zero attached hydrogens (tertiary/aromatic N) is 4. The number of benzene rings is 3. The van der Waals surface area contributed by atoms with Crippen LogP contribution in [0, 0.1) is 18.9 Å². The summed E-state index contributed by atoms with van der Waals surface area (Å²) in [7, 11) is -2.59. The number of azo groups is 1. The van der Waals surface area contributed by atoms with Gasteiger partial charge in [-0.05, 0) is 42.1 Å². The molecule has 0 bridgehead atoms. The number of ether oxygens (including phenoxy) is 1. The topological polar surface area (TPSA) is 213 Å². The average Bonchev–Trinajstić information content (AvgIpc) is 2.99. The first-order valence-corrected chi connectivity index (χ1v) is 15.1. The molecule has 4 N–H and O–H groups in total. The number of phenolic OH excluding ortho intramolecular Hbond substituents is 1. The number of hydrogen-bond donors (Lipinski definition) is 4. The van der Waals surface area contributed by atoms with E-state index in [1.165, 1.54) is 38.3 Å². The van der Waals surface area contributed by atoms with Gasteiger partial charge in [0.1, 0.15) is 22.9 Å². The largest absolute Gasteiger partial charge is 0.505 e. The van der Waals surface area contributed by atoms with E-state index in [4.69, 9.17) is 19.4 Å². The van der Waals surface area contributed by atoms with Gasteiger partial charge in [-0.15, -0.1) is 18.9 Å². The van der Waals surface area contributed by atoms with E-state index in [2.05, 4.69) is 44.3 Å². The van der Waals surface area contributed by atoms with Crippen molar-refractivity contribution in [3.8, 4) is 11.5 Å². The molecule has 0 saturated carbocycles. The third-order valence-corrected chi connectivity index (χ3v) is 8.57. The SMILES string of the molecule is COc1cc(S(=O)(=O)CCOSOOO)c(C)cc1/N=N/c1c(SOOO)cc2ccc(Nc3cc(F)nc(F)n3)cc2c1O. The van der Waals surface area contributed by atoms with Crippen LogP contribution in [0.5, 0.6) is 11.5 Å². The summed E-state index contributed by atoms with van der Waals surface area (Å²) in [5.41, 5.74) is 0.518. The van der Waals surface area contributed by atoms with E-state index in [-0.39, 0.29) is 62.6 Å². The Morgan fingerprint density at radius 3 is 2.51 bits per heavy atom. The molecular formula is C24H21F2N5O11S3. The van der Waals surface area contributed by atoms with Crippen molar-refractivity contribution >= 4 is 67.9 Å². The van der Waals surface area contributed by atoms with Crippen molar-refractivity contribution in [3.63, 3.8) is 0 Å². The second-order valence-corrected chi connectivity index (χ2v) is 11.9. The molecular weight excluding hydrogens is 668 g/mol. The number of aromatic nitrogens is 2. The van der Waals surface area contributed by atoms with E-state index in [0.717, 1.165) is 6.07 Å². The zero-order chi connectivity index (χ0) is 32.6. The summed E-state index contributed by atoms with van der Waals surface area (Å²) in [6.45, 7) is 1.22. The molecule has 0 amide bonds. The predicted molar refractivity (Wildman–Crippen MR) is 154 cm³/mol. The van der Waals surface area contributed by atoms with Gasteiger partial charge >= 0.3 is 6.08 Å². The molecule has 0 atom stereocenters. The van der Waals surface area contributed by atoms with Gasteiger partial charge in [0.25, 0.3) is 0 Å². The number of anilines is 2. The molecule has 0 aliphatic rings. The highest BCUT2D eigenvalue weighted by atomic mass is 32.2. The number of sulfone groups is 1. The van der Waals surface area contributed by atoms with Crippen LogP contribution >= 0.6 is 24.4 Å². The van der Waals surface area contributed by atoms with Crippen LogP contribution < -0.4 is 10.1 Å². The minimum absolute atomic E-state index is 0.0236. The summed E-state index contributed by atoms with van der Waals surface area (Å²) >= 11 is 0.736. The second kappa shape index (κ2) is 15.5. The van der Waals surface area contributed by atoms with Crippen molar-refractivity contribution in [2.75, 3.05) is 24.8 Å². The molecule has 21 heteroatoms. The van der Waals surface area contributed by atoms with Crippen LogP contribution in [0.3, 0.4) is 0 Å². The first kappa shape index (κ1) is 34.1. The average molecular weight is 690 g/mol. The van der Waals surface area contributed by atoms with Crippen LogP contribution in [-0.2, 0) is 32.8 Å². The summed E-state index contributed by atoms with van der Waals surface area (Å²) < 4.78 is 71.5. The highest BCUT2D eigenvalue weighted by Gasteiger charge is 2.21. The molecule has 0 radical (unpaired) electrons. The number of aromatic hydroxyl groups is 1. The lowest BCUT2D eigenvalue weighted by molar-refractivity contribution is -0.434. The second-order valence-electron chi connectivity index (χ2n) is 8.54. The number of rotatable bonds is 15. The fraction of sp³-hybridized carbons (Fsp3) is 0.167. The van der Waals surface area contributed by atoms with Crippen LogP contribution in [-0.4, -0.2) is 53.5 Å². The van der Waals surface area contributed by atoms with Crippen LogP contribution in [0.2, 0.25) is 0 Å². The Kier molecular flexibility index (Phi) is 11.7. The van der Waals surface area contributed by atoms with E-state index in [1.807, 2.05) is 0 Å². The normalized spacial score (nSPS) is 11.9. The molecule has 0 aliphatic carbocycles. The van der Waals surface area contributed by atoms with E-state index in [1.54, 1.807) is 12.1 Å². The minimum Gasteiger partial charge on any atom is -0.505 e. The van der Waals surface area contributed by atoms with Gasteiger partial charge in [-0.3, -0.25) is 4.18 Å². The fourth-order valence-corrected chi connectivity index (χ4v) is 6.06. The first-order valence-electron chi connectivity index (χ1n) is 12.1. The molecule has 240 valence electrons. The number of methoxy groups -OCH3 is 1. The molecule has 16 nitrogen and oxygen atoms in total. The van der Waals surface area contributed by atoms with Crippen molar-refractivity contribution in [3.05, 3.63) is 60.1 Å². The summed E-state index contributed by atoms with van der Waals surface area (Å²) in [5.74, 6) is -2.10. The Balaban J connectivity index is 1.69. The zero-order valence-corrected chi connectivity index (χ0v) is 25.3. The van der Waals surface area contributed by atoms with Gasteiger partial charge in [-0.1, -0.05) is 16.1 Å². The van der Waals surface area contributed by atoms with Crippen LogP contribution in [0.15, 0.2) is 62.5 Å². The van der Waals surface area contributed by atoms with E-state index < -0.39 is 33.4 Å². The third-order valence-electron chi connectivity index (χ3n) is 5.76. The van der Waals surface area contributed by atoms with Crippen LogP contribution in [0.25, 0.3) is 10.8 Å². The maximum absolute atomic E-state index is 13.5. The Morgan fingerprint density at radius 2 is 1.80 bits per heavy atom. The smallest absolute Gasteiger partial charge is 0.313 e. The summed E-state index contributed by atoms with van der Waals surface area (Å²) in [4.78, 5) is 6.48. The van der Waals surface area contributed by atoms with Crippen LogP contribution in [0.4, 0.5) is 31.7 Å². The van der Waals surface area contributed by atoms with Crippen molar-refractivity contribution < 1.29 is 60.5 Å². The highest BCUT2D eigenvalue weighted by molar-refractivity contribution is 7.94. The third kappa shape index (κ3) is 8.70. The molecule has 1 heterocycles. The van der Waals surface area contributed by atoms with Crippen molar-refractivity contribution in [2.24, 2.45) is 10.2 Å². The fourth-order valence-electron chi connectivity index (χ4n) is 3.89. The molecule has 45 heavy (non-hydrogen) atoms. The quantitative estimate of drug-likeness (QED) is 0.0205. The van der Waals surface area contributed by atoms with E-state index >= 15 is 0 Å². The lowest BCUT2D eigenvalue weighted by Gasteiger charge is -2.13. The predicted octanol–water partition coefficient (Wildman–Crippen LogP) is 6.29. The molecule has 4 aromatic rings. The van der Waals surface area contributed by atoms with Gasteiger partial charge < -0.3 is 15.2 Å². The summed E-state index contributed by atoms with van der Waals surface area (Å²) in [5, 5.41) is 46.7. The van der Waals surface area contributed by atoms with Gasteiger partial charge in [0, 0.05) is 23.2 Å². The lowest BCUT2D eigenvalue weighted by atomic mass is 10.1. The molecule has 3 aromatic carbocycles. The van der Waals surface area contributed by atoms with Crippen molar-refractivity contribution in [1.29, 1.82) is 0 Å². The Bertz CT molecular complexity index is 1800. The minimum atomic E-state index is -3.88. The van der Waals surface area contributed by atoms with E-state index in [0.29, 0.717) is 23.1 Å². The van der Waals surface area contributed by atoms with Crippen LogP contribution in [0.1, 0.15) is 5.56 Å². The number of nitrogens with one attached hydrogen (secondary N) is 1. The molecule has 0 fully saturated rings. The summed E-state index contributed by atoms with van der Waals surface area (Å²) in [6, 6.07) is 9.61. The molecule has 1 aromatic heterocycles. The first-order chi connectivity index (χ1) is 21.6. The number of halogens is 2. The Labute approximate surface area is 261 Å². The Morgan fingerprint density at radius 1 is 1.02 bits per heavy atom. The molecule has 0 unspecified atom stereocenters. The molecule has 0 saturated heterocycles. The monoisotopic (exact) mass is 689 g/mol. The van der Waals surface area contributed by atoms with Gasteiger partial charge in [0.15, 0.2) is 27.9 Å². The standard InChI is InChI=1S/C24H21F2N5O11S3/c1-12-7-16(17(37-2)10-19(12)45(35,36)6-5-38-44-42-40-34)30-31-22-18(43-41-39-33)8-13-3-4-14(9-15(13)23(22)32)27-21-11-20(25)28-24(26)29-21/h3-4,7-11,32-34H,5-6H2,1-2H3,(H,27,28,29)/b31-30+. The lowest BCUT2D eigenvalue weighted by Crippen LogP contribution is -2.12. The zero-order valence-electron chi connectivity index (χ0n) is 22.8. The molecule has 4 rings (SSSR count). The maximum atomic E-state index is 13.5. The van der Waals surface area contributed by atoms with Gasteiger partial charge in [-0.2, -0.15) is 18.7 Å². The number of hydrogen-bond acceptors (Lipinski definition) is 18. The van der Waals surface area contributed by atoms with Gasteiger partial charge in [0.2, 0.25) is 5.95 Å². The number of phenols is 1.